The molecule has 2 fully saturated rings. The molecule has 2 aliphatic heterocycles. The number of aliphatic hydroxyl groups is 1. The molecular weight excluding hydrogens is 361 g/mol. The molecule has 0 spiro atoms. The molecule has 7 heteroatoms. The summed E-state index contributed by atoms with van der Waals surface area (Å²) in [6.07, 6.45) is 3.57. The molecule has 2 saturated heterocycles. The molecule has 0 bridgehead atoms. The van der Waals surface area contributed by atoms with E-state index in [1.54, 1.807) is 17.0 Å². The van der Waals surface area contributed by atoms with Crippen molar-refractivity contribution in [1.29, 1.82) is 0 Å². The Morgan fingerprint density at radius 3 is 2.57 bits per heavy atom. The molecule has 2 heterocycles. The summed E-state index contributed by atoms with van der Waals surface area (Å²) in [5.41, 5.74) is -0.751. The van der Waals surface area contributed by atoms with E-state index in [4.69, 9.17) is 0 Å². The predicted molar refractivity (Wildman–Crippen MR) is 104 cm³/mol. The number of β-amino-alcohol motifs (C(OH)–C–C–N with tert-alkyl or cyclic N) is 1. The van der Waals surface area contributed by atoms with E-state index in [0.717, 1.165) is 25.9 Å². The summed E-state index contributed by atoms with van der Waals surface area (Å²) in [4.78, 5) is 27.7. The van der Waals surface area contributed by atoms with Crippen molar-refractivity contribution < 1.29 is 19.1 Å². The number of halogens is 1. The zero-order chi connectivity index (χ0) is 20.1. The van der Waals surface area contributed by atoms with Gasteiger partial charge in [-0.2, -0.15) is 0 Å². The second-order valence-electron chi connectivity index (χ2n) is 8.10. The van der Waals surface area contributed by atoms with E-state index in [0.29, 0.717) is 38.9 Å². The van der Waals surface area contributed by atoms with E-state index in [2.05, 4.69) is 10.2 Å². The minimum atomic E-state index is -0.842. The molecular formula is C21H30FN3O3. The third-order valence-corrected chi connectivity index (χ3v) is 5.82. The lowest BCUT2D eigenvalue weighted by molar-refractivity contribution is -0.120. The van der Waals surface area contributed by atoms with Crippen LogP contribution in [0.3, 0.4) is 0 Å². The van der Waals surface area contributed by atoms with Gasteiger partial charge in [-0.3, -0.25) is 9.59 Å². The van der Waals surface area contributed by atoms with Crippen molar-refractivity contribution in [2.45, 2.75) is 50.7 Å². The number of nitrogens with one attached hydrogen (secondary N) is 1. The number of nitrogens with zero attached hydrogens (tertiary/aromatic N) is 2. The smallest absolute Gasteiger partial charge is 0.256 e. The number of carbonyl (C=O) groups excluding carboxylic acids is 2. The van der Waals surface area contributed by atoms with Crippen LogP contribution in [-0.2, 0) is 4.79 Å². The number of carbonyl (C=O) groups is 2. The first-order valence-electron chi connectivity index (χ1n) is 10.1. The van der Waals surface area contributed by atoms with Gasteiger partial charge < -0.3 is 20.2 Å². The van der Waals surface area contributed by atoms with Gasteiger partial charge in [0, 0.05) is 45.7 Å². The number of amides is 2. The van der Waals surface area contributed by atoms with Crippen molar-refractivity contribution in [3.63, 3.8) is 0 Å². The van der Waals surface area contributed by atoms with Gasteiger partial charge in [-0.15, -0.1) is 0 Å². The summed E-state index contributed by atoms with van der Waals surface area (Å²) in [6.45, 7) is 4.73. The summed E-state index contributed by atoms with van der Waals surface area (Å²) in [5.74, 6) is -0.812. The maximum Gasteiger partial charge on any atom is 0.256 e. The van der Waals surface area contributed by atoms with Gasteiger partial charge in [-0.05, 0) is 44.2 Å². The van der Waals surface area contributed by atoms with Gasteiger partial charge in [0.1, 0.15) is 5.82 Å². The summed E-state index contributed by atoms with van der Waals surface area (Å²) in [6, 6.07) is 6.25. The molecule has 0 aromatic heterocycles. The van der Waals surface area contributed by atoms with Crippen LogP contribution in [0.2, 0.25) is 0 Å². The summed E-state index contributed by atoms with van der Waals surface area (Å²) >= 11 is 0. The Balaban J connectivity index is 1.53. The lowest BCUT2D eigenvalue weighted by Gasteiger charge is -2.38. The van der Waals surface area contributed by atoms with E-state index in [1.165, 1.54) is 19.1 Å². The van der Waals surface area contributed by atoms with Crippen molar-refractivity contribution in [2.75, 3.05) is 32.7 Å². The van der Waals surface area contributed by atoms with Crippen LogP contribution >= 0.6 is 0 Å². The molecule has 0 radical (unpaired) electrons. The Bertz CT molecular complexity index is 706. The first-order chi connectivity index (χ1) is 13.4. The van der Waals surface area contributed by atoms with Crippen molar-refractivity contribution in [3.8, 4) is 0 Å². The zero-order valence-electron chi connectivity index (χ0n) is 16.5. The highest BCUT2D eigenvalue weighted by atomic mass is 19.1. The molecule has 0 aliphatic carbocycles. The minimum absolute atomic E-state index is 0.000424. The molecule has 1 atom stereocenters. The van der Waals surface area contributed by atoms with Gasteiger partial charge >= 0.3 is 0 Å². The fourth-order valence-corrected chi connectivity index (χ4v) is 4.28. The molecule has 1 aromatic rings. The summed E-state index contributed by atoms with van der Waals surface area (Å²) in [7, 11) is 0. The number of hydrogen-bond donors (Lipinski definition) is 2. The average molecular weight is 391 g/mol. The van der Waals surface area contributed by atoms with Gasteiger partial charge in [-0.25, -0.2) is 4.39 Å². The van der Waals surface area contributed by atoms with Crippen LogP contribution in [0, 0.1) is 5.82 Å². The van der Waals surface area contributed by atoms with E-state index < -0.39 is 11.4 Å². The minimum Gasteiger partial charge on any atom is -0.388 e. The largest absolute Gasteiger partial charge is 0.388 e. The van der Waals surface area contributed by atoms with E-state index in [9.17, 15) is 19.1 Å². The highest BCUT2D eigenvalue weighted by molar-refractivity contribution is 5.94. The van der Waals surface area contributed by atoms with Gasteiger partial charge in [0.05, 0.1) is 11.2 Å². The molecule has 28 heavy (non-hydrogen) atoms. The van der Waals surface area contributed by atoms with Gasteiger partial charge in [0.2, 0.25) is 5.91 Å². The standard InChI is InChI=1S/C21H30FN3O3/c1-16(26)23-17-7-12-24(13-8-17)15-21(28)9-4-11-25(14-10-21)20(27)18-5-2-3-6-19(18)22/h2-3,5-6,17,28H,4,7-15H2,1H3,(H,23,26)/t21-/m1/s1. The quantitative estimate of drug-likeness (QED) is 0.821. The van der Waals surface area contributed by atoms with Crippen LogP contribution in [0.25, 0.3) is 0 Å². The monoisotopic (exact) mass is 391 g/mol. The van der Waals surface area contributed by atoms with E-state index in [1.807, 2.05) is 0 Å². The van der Waals surface area contributed by atoms with E-state index in [-0.39, 0.29) is 23.4 Å². The molecule has 2 N–H and O–H groups in total. The molecule has 0 unspecified atom stereocenters. The zero-order valence-corrected chi connectivity index (χ0v) is 16.5. The maximum atomic E-state index is 13.9. The Kier molecular flexibility index (Phi) is 6.67. The highest BCUT2D eigenvalue weighted by Gasteiger charge is 2.35. The Morgan fingerprint density at radius 1 is 1.18 bits per heavy atom. The molecule has 6 nitrogen and oxygen atoms in total. The van der Waals surface area contributed by atoms with Gasteiger partial charge in [-0.1, -0.05) is 12.1 Å². The topological polar surface area (TPSA) is 72.9 Å². The van der Waals surface area contributed by atoms with Crippen LogP contribution in [0.5, 0.6) is 0 Å². The number of piperidine rings is 1. The first-order valence-corrected chi connectivity index (χ1v) is 10.1. The molecule has 0 saturated carbocycles. The molecule has 2 aliphatic rings. The molecule has 2 amide bonds. The van der Waals surface area contributed by atoms with Crippen molar-refractivity contribution in [1.82, 2.24) is 15.1 Å². The number of likely N-dealkylation sites (tertiary alicyclic amines) is 2. The summed E-state index contributed by atoms with van der Waals surface area (Å²) in [5, 5.41) is 14.1. The molecule has 3 rings (SSSR count). The number of hydrogen-bond acceptors (Lipinski definition) is 4. The summed E-state index contributed by atoms with van der Waals surface area (Å²) < 4.78 is 13.9. The lowest BCUT2D eigenvalue weighted by atomic mass is 9.93. The highest BCUT2D eigenvalue weighted by Crippen LogP contribution is 2.26. The fraction of sp³-hybridized carbons (Fsp3) is 0.619. The Morgan fingerprint density at radius 2 is 1.89 bits per heavy atom. The molecule has 1 aromatic carbocycles. The van der Waals surface area contributed by atoms with Gasteiger partial charge in [0.15, 0.2) is 0 Å². The normalized spacial score (nSPS) is 24.6. The fourth-order valence-electron chi connectivity index (χ4n) is 4.28. The van der Waals surface area contributed by atoms with Crippen LogP contribution in [0.4, 0.5) is 4.39 Å². The second-order valence-corrected chi connectivity index (χ2v) is 8.10. The van der Waals surface area contributed by atoms with Gasteiger partial charge in [0.25, 0.3) is 5.91 Å². The third kappa shape index (κ3) is 5.29. The Hall–Kier alpha value is -1.99. The lowest BCUT2D eigenvalue weighted by Crippen LogP contribution is -2.50. The van der Waals surface area contributed by atoms with Crippen molar-refractivity contribution in [2.24, 2.45) is 0 Å². The van der Waals surface area contributed by atoms with Crippen molar-refractivity contribution in [3.05, 3.63) is 35.6 Å². The third-order valence-electron chi connectivity index (χ3n) is 5.82. The van der Waals surface area contributed by atoms with Crippen LogP contribution in [0.1, 0.15) is 49.4 Å². The van der Waals surface area contributed by atoms with E-state index >= 15 is 0 Å². The average Bonchev–Trinajstić information content (AvgIpc) is 2.85. The van der Waals surface area contributed by atoms with Crippen LogP contribution < -0.4 is 5.32 Å². The second kappa shape index (κ2) is 9.01. The maximum absolute atomic E-state index is 13.9. The predicted octanol–water partition coefficient (Wildman–Crippen LogP) is 1.78. The molecule has 154 valence electrons. The first kappa shape index (κ1) is 20.7. The number of rotatable bonds is 4. The Labute approximate surface area is 165 Å². The van der Waals surface area contributed by atoms with Crippen LogP contribution in [0.15, 0.2) is 24.3 Å². The van der Waals surface area contributed by atoms with Crippen LogP contribution in [-0.4, -0.2) is 71.1 Å². The van der Waals surface area contributed by atoms with Crippen molar-refractivity contribution >= 4 is 11.8 Å². The SMILES string of the molecule is CC(=O)NC1CCN(C[C@@]2(O)CCCN(C(=O)c3ccccc3F)CC2)CC1. The number of benzene rings is 1.